The Morgan fingerprint density at radius 2 is 2.27 bits per heavy atom. The van der Waals surface area contributed by atoms with Crippen LogP contribution in [0.25, 0.3) is 0 Å². The maximum Gasteiger partial charge on any atom is 0.337 e. The van der Waals surface area contributed by atoms with Crippen molar-refractivity contribution in [3.05, 3.63) is 27.5 Å². The van der Waals surface area contributed by atoms with Gasteiger partial charge in [0.2, 0.25) is 0 Å². The zero-order valence-corrected chi connectivity index (χ0v) is 9.09. The van der Waals surface area contributed by atoms with Crippen molar-refractivity contribution in [2.75, 3.05) is 0 Å². The van der Waals surface area contributed by atoms with Gasteiger partial charge in [0.15, 0.2) is 0 Å². The van der Waals surface area contributed by atoms with Gasteiger partial charge in [-0.15, -0.1) is 0 Å². The van der Waals surface area contributed by atoms with E-state index in [1.807, 2.05) is 6.07 Å². The number of carboxylic acid groups (broad SMARTS) is 1. The number of aromatic carboxylic acids is 1. The van der Waals surface area contributed by atoms with Crippen molar-refractivity contribution in [2.45, 2.75) is 20.3 Å². The van der Waals surface area contributed by atoms with E-state index in [1.54, 1.807) is 13.8 Å². The van der Waals surface area contributed by atoms with Crippen LogP contribution in [0, 0.1) is 18.3 Å². The van der Waals surface area contributed by atoms with Crippen molar-refractivity contribution < 1.29 is 9.90 Å². The molecule has 0 aliphatic rings. The summed E-state index contributed by atoms with van der Waals surface area (Å²) in [7, 11) is 0. The van der Waals surface area contributed by atoms with E-state index in [0.29, 0.717) is 17.7 Å². The summed E-state index contributed by atoms with van der Waals surface area (Å²) in [5.74, 6) is -1.08. The Balaban J connectivity index is 3.62. The van der Waals surface area contributed by atoms with Gasteiger partial charge < -0.3 is 5.11 Å². The zero-order chi connectivity index (χ0) is 11.6. The molecular weight excluding hydrogens is 216 g/mol. The molecule has 1 heterocycles. The Labute approximate surface area is 92.1 Å². The van der Waals surface area contributed by atoms with E-state index in [0.717, 1.165) is 0 Å². The van der Waals surface area contributed by atoms with Gasteiger partial charge in [-0.2, -0.15) is 5.26 Å². The second kappa shape index (κ2) is 4.28. The Morgan fingerprint density at radius 3 is 2.67 bits per heavy atom. The van der Waals surface area contributed by atoms with Gasteiger partial charge in [0.25, 0.3) is 0 Å². The van der Waals surface area contributed by atoms with E-state index in [4.69, 9.17) is 22.0 Å². The van der Waals surface area contributed by atoms with Crippen LogP contribution in [0.3, 0.4) is 0 Å². The fraction of sp³-hybridized carbons (Fsp3) is 0.300. The molecule has 0 spiro atoms. The number of pyridine rings is 1. The van der Waals surface area contributed by atoms with Gasteiger partial charge in [-0.05, 0) is 18.9 Å². The molecule has 0 aliphatic heterocycles. The number of hydrogen-bond acceptors (Lipinski definition) is 3. The molecule has 78 valence electrons. The predicted octanol–water partition coefficient (Wildman–Crippen LogP) is 2.18. The van der Waals surface area contributed by atoms with Crippen LogP contribution in [0.2, 0.25) is 5.15 Å². The van der Waals surface area contributed by atoms with Crippen LogP contribution in [0.5, 0.6) is 0 Å². The lowest BCUT2D eigenvalue weighted by atomic mass is 10.0. The van der Waals surface area contributed by atoms with Gasteiger partial charge in [-0.1, -0.05) is 18.5 Å². The van der Waals surface area contributed by atoms with Crippen LogP contribution < -0.4 is 0 Å². The van der Waals surface area contributed by atoms with Crippen molar-refractivity contribution in [1.82, 2.24) is 4.98 Å². The highest BCUT2D eigenvalue weighted by Crippen LogP contribution is 2.23. The number of carboxylic acids is 1. The highest BCUT2D eigenvalue weighted by molar-refractivity contribution is 6.30. The first-order valence-corrected chi connectivity index (χ1v) is 4.73. The van der Waals surface area contributed by atoms with Gasteiger partial charge in [0.1, 0.15) is 11.2 Å². The molecule has 0 amide bonds. The van der Waals surface area contributed by atoms with Gasteiger partial charge >= 0.3 is 5.97 Å². The molecule has 0 saturated heterocycles. The summed E-state index contributed by atoms with van der Waals surface area (Å²) in [5.41, 5.74) is 0.996. The van der Waals surface area contributed by atoms with Gasteiger partial charge in [0, 0.05) is 0 Å². The Bertz CT molecular complexity index is 463. The van der Waals surface area contributed by atoms with E-state index in [-0.39, 0.29) is 16.3 Å². The second-order valence-electron chi connectivity index (χ2n) is 2.99. The van der Waals surface area contributed by atoms with E-state index in [1.165, 1.54) is 0 Å². The molecule has 1 aromatic rings. The Hall–Kier alpha value is -1.60. The lowest BCUT2D eigenvalue weighted by Crippen LogP contribution is -2.09. The third-order valence-electron chi connectivity index (χ3n) is 2.14. The van der Waals surface area contributed by atoms with E-state index >= 15 is 0 Å². The number of nitrogens with zero attached hydrogens (tertiary/aromatic N) is 2. The lowest BCUT2D eigenvalue weighted by molar-refractivity contribution is 0.0694. The minimum atomic E-state index is -1.08. The summed E-state index contributed by atoms with van der Waals surface area (Å²) in [6, 6.07) is 1.85. The number of nitriles is 1. The predicted molar refractivity (Wildman–Crippen MR) is 55.0 cm³/mol. The monoisotopic (exact) mass is 224 g/mol. The van der Waals surface area contributed by atoms with E-state index in [9.17, 15) is 4.79 Å². The zero-order valence-electron chi connectivity index (χ0n) is 8.33. The third-order valence-corrected chi connectivity index (χ3v) is 2.41. The van der Waals surface area contributed by atoms with Gasteiger partial charge in [0.05, 0.1) is 16.8 Å². The molecule has 15 heavy (non-hydrogen) atoms. The van der Waals surface area contributed by atoms with Crippen LogP contribution in [-0.4, -0.2) is 16.1 Å². The first-order chi connectivity index (χ1) is 7.02. The van der Waals surface area contributed by atoms with Crippen molar-refractivity contribution in [3.8, 4) is 6.07 Å². The average Bonchev–Trinajstić information content (AvgIpc) is 2.16. The first-order valence-electron chi connectivity index (χ1n) is 4.35. The van der Waals surface area contributed by atoms with Crippen LogP contribution >= 0.6 is 11.6 Å². The summed E-state index contributed by atoms with van der Waals surface area (Å²) in [6.45, 7) is 3.35. The minimum Gasteiger partial charge on any atom is -0.478 e. The largest absolute Gasteiger partial charge is 0.478 e. The normalized spacial score (nSPS) is 9.73. The summed E-state index contributed by atoms with van der Waals surface area (Å²) in [6.07, 6.45) is 0.466. The molecule has 1 rings (SSSR count). The number of aromatic nitrogens is 1. The number of carbonyl (C=O) groups is 1. The molecule has 5 heteroatoms. The standard InChI is InChI=1S/C10H9ClN2O2/c1-3-7-8(10(14)15)5(2)6(4-12)9(11)13-7/h3H2,1-2H3,(H,14,15). The van der Waals surface area contributed by atoms with Crippen LogP contribution in [-0.2, 0) is 6.42 Å². The Morgan fingerprint density at radius 1 is 1.67 bits per heavy atom. The van der Waals surface area contributed by atoms with Crippen LogP contribution in [0.4, 0.5) is 0 Å². The molecule has 0 saturated carbocycles. The van der Waals surface area contributed by atoms with Crippen LogP contribution in [0.1, 0.15) is 34.1 Å². The maximum absolute atomic E-state index is 11.0. The molecule has 0 aromatic carbocycles. The highest BCUT2D eigenvalue weighted by atomic mass is 35.5. The van der Waals surface area contributed by atoms with Crippen molar-refractivity contribution in [3.63, 3.8) is 0 Å². The molecule has 0 unspecified atom stereocenters. The molecule has 1 N–H and O–H groups in total. The molecule has 0 fully saturated rings. The summed E-state index contributed by atoms with van der Waals surface area (Å²) in [5, 5.41) is 17.9. The Kier molecular flexibility index (Phi) is 3.28. The molecule has 1 aromatic heterocycles. The molecule has 0 aliphatic carbocycles. The van der Waals surface area contributed by atoms with Crippen molar-refractivity contribution in [1.29, 1.82) is 5.26 Å². The number of rotatable bonds is 2. The second-order valence-corrected chi connectivity index (χ2v) is 3.35. The summed E-state index contributed by atoms with van der Waals surface area (Å²) in [4.78, 5) is 14.9. The van der Waals surface area contributed by atoms with Crippen molar-refractivity contribution >= 4 is 17.6 Å². The number of hydrogen-bond donors (Lipinski definition) is 1. The molecule has 0 atom stereocenters. The fourth-order valence-corrected chi connectivity index (χ4v) is 1.68. The van der Waals surface area contributed by atoms with E-state index < -0.39 is 5.97 Å². The molecule has 0 radical (unpaired) electrons. The van der Waals surface area contributed by atoms with Crippen molar-refractivity contribution in [2.24, 2.45) is 0 Å². The maximum atomic E-state index is 11.0. The summed E-state index contributed by atoms with van der Waals surface area (Å²) < 4.78 is 0. The third kappa shape index (κ3) is 1.92. The average molecular weight is 225 g/mol. The quantitative estimate of drug-likeness (QED) is 0.782. The van der Waals surface area contributed by atoms with Gasteiger partial charge in [-0.3, -0.25) is 0 Å². The minimum absolute atomic E-state index is 0.0665. The number of aryl methyl sites for hydroxylation is 1. The smallest absolute Gasteiger partial charge is 0.337 e. The fourth-order valence-electron chi connectivity index (χ4n) is 1.40. The number of halogens is 1. The van der Waals surface area contributed by atoms with Gasteiger partial charge in [-0.25, -0.2) is 9.78 Å². The highest BCUT2D eigenvalue weighted by Gasteiger charge is 2.19. The lowest BCUT2D eigenvalue weighted by Gasteiger charge is -2.09. The SMILES string of the molecule is CCc1nc(Cl)c(C#N)c(C)c1C(=O)O. The first kappa shape index (κ1) is 11.5. The summed E-state index contributed by atoms with van der Waals surface area (Å²) >= 11 is 5.76. The molecular formula is C10H9ClN2O2. The molecule has 0 bridgehead atoms. The van der Waals surface area contributed by atoms with E-state index in [2.05, 4.69) is 4.98 Å². The van der Waals surface area contributed by atoms with Crippen LogP contribution in [0.15, 0.2) is 0 Å². The molecule has 4 nitrogen and oxygen atoms in total. The topological polar surface area (TPSA) is 74.0 Å².